The maximum Gasteiger partial charge on any atom is 0.309 e. The van der Waals surface area contributed by atoms with E-state index in [-0.39, 0.29) is 0 Å². The van der Waals surface area contributed by atoms with Crippen LogP contribution in [-0.4, -0.2) is 17.0 Å². The third-order valence-electron chi connectivity index (χ3n) is 0.776. The van der Waals surface area contributed by atoms with Gasteiger partial charge in [0.2, 0.25) is 0 Å². The normalized spacial score (nSPS) is 11.4. The zero-order chi connectivity index (χ0) is 7.49. The van der Waals surface area contributed by atoms with Gasteiger partial charge in [-0.1, -0.05) is 0 Å². The third-order valence-corrected chi connectivity index (χ3v) is 0.776. The second kappa shape index (κ2) is 2.75. The molecule has 0 unspecified atom stereocenters. The molecule has 0 aromatic heterocycles. The maximum atomic E-state index is 12.0. The molecule has 0 aliphatic carbocycles. The van der Waals surface area contributed by atoms with Crippen LogP contribution in [0.1, 0.15) is 12.8 Å². The van der Waals surface area contributed by atoms with Gasteiger partial charge in [0.15, 0.2) is 0 Å². The molecule has 0 aromatic carbocycles. The third kappa shape index (κ3) is 3.88. The molecular formula is C5H7F2O2. The van der Waals surface area contributed by atoms with Gasteiger partial charge in [0.25, 0.3) is 5.92 Å². The number of hydrogen-bond donors (Lipinski definition) is 1. The first-order chi connectivity index (χ1) is 3.98. The summed E-state index contributed by atoms with van der Waals surface area (Å²) in [7, 11) is 0. The van der Waals surface area contributed by atoms with Crippen molar-refractivity contribution in [3.63, 3.8) is 0 Å². The topological polar surface area (TPSA) is 37.3 Å². The number of carboxylic acid groups (broad SMARTS) is 1. The number of rotatable bonds is 3. The Kier molecular flexibility index (Phi) is 2.55. The van der Waals surface area contributed by atoms with Crippen LogP contribution in [0.25, 0.3) is 0 Å². The van der Waals surface area contributed by atoms with Gasteiger partial charge in [-0.15, -0.1) is 0 Å². The number of aliphatic carboxylic acids is 1. The number of carbonyl (C=O) groups is 1. The van der Waals surface area contributed by atoms with Crippen LogP contribution in [0.3, 0.4) is 0 Å². The van der Waals surface area contributed by atoms with Gasteiger partial charge in [-0.25, -0.2) is 8.78 Å². The lowest BCUT2D eigenvalue weighted by Gasteiger charge is -2.08. The Labute approximate surface area is 51.5 Å². The molecule has 0 aliphatic heterocycles. The fourth-order valence-corrected chi connectivity index (χ4v) is 0.310. The predicted molar refractivity (Wildman–Crippen MR) is 27.2 cm³/mol. The molecule has 1 N–H and O–H groups in total. The monoisotopic (exact) mass is 137 g/mol. The number of alkyl halides is 2. The summed E-state index contributed by atoms with van der Waals surface area (Å²) in [6.07, 6.45) is -1.80. The van der Waals surface area contributed by atoms with E-state index in [0.29, 0.717) is 0 Å². The maximum absolute atomic E-state index is 12.0. The molecule has 0 saturated carbocycles. The molecule has 0 atom stereocenters. The molecule has 0 bridgehead atoms. The minimum absolute atomic E-state index is 0.667. The average molecular weight is 137 g/mol. The van der Waals surface area contributed by atoms with Crippen LogP contribution in [0.2, 0.25) is 0 Å². The molecule has 0 fully saturated rings. The summed E-state index contributed by atoms with van der Waals surface area (Å²) in [4.78, 5) is 9.67. The molecule has 1 radical (unpaired) electrons. The van der Waals surface area contributed by atoms with Crippen LogP contribution in [-0.2, 0) is 4.79 Å². The van der Waals surface area contributed by atoms with Gasteiger partial charge in [-0.3, -0.25) is 4.79 Å². The lowest BCUT2D eigenvalue weighted by Crippen LogP contribution is -2.19. The van der Waals surface area contributed by atoms with Crippen molar-refractivity contribution in [2.24, 2.45) is 0 Å². The smallest absolute Gasteiger partial charge is 0.309 e. The molecule has 0 aromatic rings. The molecule has 0 saturated heterocycles. The van der Waals surface area contributed by atoms with Crippen molar-refractivity contribution in [1.82, 2.24) is 0 Å². The number of halogens is 2. The Hall–Kier alpha value is -0.670. The minimum atomic E-state index is -3.15. The van der Waals surface area contributed by atoms with Crippen LogP contribution in [0.15, 0.2) is 0 Å². The molecule has 9 heavy (non-hydrogen) atoms. The molecule has 0 heterocycles. The zero-order valence-corrected chi connectivity index (χ0v) is 4.73. The summed E-state index contributed by atoms with van der Waals surface area (Å²) in [5, 5.41) is 7.87. The van der Waals surface area contributed by atoms with Gasteiger partial charge in [0.1, 0.15) is 6.42 Å². The largest absolute Gasteiger partial charge is 0.481 e. The standard InChI is InChI=1S/C5H7F2O2/c1-2-5(6,7)3-4(8)9/h1-3H2,(H,8,9). The molecule has 0 aliphatic rings. The van der Waals surface area contributed by atoms with Crippen molar-refractivity contribution in [3.05, 3.63) is 6.92 Å². The van der Waals surface area contributed by atoms with E-state index in [4.69, 9.17) is 5.11 Å². The van der Waals surface area contributed by atoms with Crippen LogP contribution in [0.4, 0.5) is 8.78 Å². The van der Waals surface area contributed by atoms with E-state index in [1.54, 1.807) is 0 Å². The molecule has 4 heteroatoms. The van der Waals surface area contributed by atoms with E-state index in [1.807, 2.05) is 0 Å². The van der Waals surface area contributed by atoms with Crippen molar-refractivity contribution in [3.8, 4) is 0 Å². The Balaban J connectivity index is 3.71. The predicted octanol–water partition coefficient (Wildman–Crippen LogP) is 1.32. The molecule has 53 valence electrons. The Bertz CT molecular complexity index is 112. The second-order valence-corrected chi connectivity index (χ2v) is 1.68. The van der Waals surface area contributed by atoms with E-state index in [9.17, 15) is 13.6 Å². The minimum Gasteiger partial charge on any atom is -0.481 e. The highest BCUT2D eigenvalue weighted by atomic mass is 19.3. The summed E-state index contributed by atoms with van der Waals surface area (Å²) in [6.45, 7) is 2.90. The average Bonchev–Trinajstić information content (AvgIpc) is 1.63. The highest BCUT2D eigenvalue weighted by Gasteiger charge is 2.29. The van der Waals surface area contributed by atoms with Gasteiger partial charge in [0, 0.05) is 6.42 Å². The molecule has 2 nitrogen and oxygen atoms in total. The Morgan fingerprint density at radius 2 is 2.11 bits per heavy atom. The lowest BCUT2D eigenvalue weighted by atomic mass is 10.2. The molecular weight excluding hydrogens is 130 g/mol. The summed E-state index contributed by atoms with van der Waals surface area (Å²) in [5.74, 6) is -4.64. The number of hydrogen-bond acceptors (Lipinski definition) is 1. The summed E-state index contributed by atoms with van der Waals surface area (Å²) in [6, 6.07) is 0. The first-order valence-corrected chi connectivity index (χ1v) is 2.37. The van der Waals surface area contributed by atoms with E-state index in [0.717, 1.165) is 0 Å². The fraction of sp³-hybridized carbons (Fsp3) is 0.600. The van der Waals surface area contributed by atoms with Crippen molar-refractivity contribution < 1.29 is 18.7 Å². The Morgan fingerprint density at radius 1 is 1.67 bits per heavy atom. The van der Waals surface area contributed by atoms with Crippen molar-refractivity contribution >= 4 is 5.97 Å². The highest BCUT2D eigenvalue weighted by molar-refractivity contribution is 5.67. The van der Waals surface area contributed by atoms with Crippen LogP contribution in [0.5, 0.6) is 0 Å². The number of carboxylic acids is 1. The fourth-order valence-electron chi connectivity index (χ4n) is 0.310. The molecule has 0 spiro atoms. The van der Waals surface area contributed by atoms with Gasteiger partial charge in [-0.05, 0) is 6.92 Å². The van der Waals surface area contributed by atoms with Gasteiger partial charge in [0.05, 0.1) is 0 Å². The van der Waals surface area contributed by atoms with Gasteiger partial charge < -0.3 is 5.11 Å². The quantitative estimate of drug-likeness (QED) is 0.636. The lowest BCUT2D eigenvalue weighted by molar-refractivity contribution is -0.144. The summed E-state index contributed by atoms with van der Waals surface area (Å²) in [5.41, 5.74) is 0. The van der Waals surface area contributed by atoms with E-state index in [1.165, 1.54) is 0 Å². The summed E-state index contributed by atoms with van der Waals surface area (Å²) < 4.78 is 23.9. The molecule has 0 rings (SSSR count). The highest BCUT2D eigenvalue weighted by Crippen LogP contribution is 2.21. The van der Waals surface area contributed by atoms with Crippen molar-refractivity contribution in [2.75, 3.05) is 0 Å². The van der Waals surface area contributed by atoms with E-state index in [2.05, 4.69) is 6.92 Å². The van der Waals surface area contributed by atoms with Crippen molar-refractivity contribution in [2.45, 2.75) is 18.8 Å². The first-order valence-electron chi connectivity index (χ1n) is 2.37. The second-order valence-electron chi connectivity index (χ2n) is 1.68. The first kappa shape index (κ1) is 8.33. The Morgan fingerprint density at radius 3 is 2.22 bits per heavy atom. The van der Waals surface area contributed by atoms with Gasteiger partial charge >= 0.3 is 5.97 Å². The van der Waals surface area contributed by atoms with Gasteiger partial charge in [-0.2, -0.15) is 0 Å². The SMILES string of the molecule is [CH2]CC(F)(F)CC(=O)O. The van der Waals surface area contributed by atoms with Crippen LogP contribution < -0.4 is 0 Å². The summed E-state index contributed by atoms with van der Waals surface area (Å²) >= 11 is 0. The van der Waals surface area contributed by atoms with E-state index < -0.39 is 24.7 Å². The van der Waals surface area contributed by atoms with Crippen LogP contribution >= 0.6 is 0 Å². The van der Waals surface area contributed by atoms with Crippen molar-refractivity contribution in [1.29, 1.82) is 0 Å². The zero-order valence-electron chi connectivity index (χ0n) is 4.73. The molecule has 0 amide bonds. The van der Waals surface area contributed by atoms with E-state index >= 15 is 0 Å². The van der Waals surface area contributed by atoms with Crippen LogP contribution in [0, 0.1) is 6.92 Å².